The molecule has 0 fully saturated rings. The van der Waals surface area contributed by atoms with Crippen LogP contribution in [0.3, 0.4) is 0 Å². The number of phenolic OH excluding ortho intramolecular Hbond substituents is 1. The number of amides is 1. The summed E-state index contributed by atoms with van der Waals surface area (Å²) < 4.78 is 0. The van der Waals surface area contributed by atoms with Gasteiger partial charge in [-0.25, -0.2) is 20.5 Å². The SMILES string of the molecule is O=C(CSc1n[nH]c(=O)[nH]c1=O)N/N=C/c1ccc(O)c([NH+]([O-])O)c1. The number of hydrazone groups is 1. The summed E-state index contributed by atoms with van der Waals surface area (Å²) in [6.07, 6.45) is 1.19. The number of aromatic hydroxyl groups is 1. The van der Waals surface area contributed by atoms with Gasteiger partial charge in [0.1, 0.15) is 0 Å². The molecule has 1 unspecified atom stereocenters. The molecule has 0 aliphatic heterocycles. The predicted octanol–water partition coefficient (Wildman–Crippen LogP) is -2.19. The molecule has 132 valence electrons. The number of carbonyl (C=O) groups excluding carboxylic acids is 1. The number of quaternary nitrogens is 1. The van der Waals surface area contributed by atoms with Crippen LogP contribution in [0.15, 0.2) is 37.9 Å². The van der Waals surface area contributed by atoms with Gasteiger partial charge in [0.15, 0.2) is 10.8 Å². The molecule has 2 aromatic rings. The number of nitrogens with one attached hydrogen (secondary N) is 4. The van der Waals surface area contributed by atoms with E-state index in [9.17, 15) is 24.7 Å². The molecule has 1 aromatic heterocycles. The number of carbonyl (C=O) groups is 1. The number of H-pyrrole nitrogens is 2. The Hall–Kier alpha value is -3.00. The Labute approximate surface area is 142 Å². The zero-order valence-electron chi connectivity index (χ0n) is 12.3. The van der Waals surface area contributed by atoms with Gasteiger partial charge >= 0.3 is 5.69 Å². The molecule has 0 bridgehead atoms. The second-order valence-corrected chi connectivity index (χ2v) is 5.44. The third-order valence-corrected chi connectivity index (χ3v) is 3.63. The van der Waals surface area contributed by atoms with Crippen molar-refractivity contribution in [3.63, 3.8) is 0 Å². The Balaban J connectivity index is 1.91. The van der Waals surface area contributed by atoms with Crippen molar-refractivity contribution >= 4 is 29.6 Å². The molecular weight excluding hydrogens is 356 g/mol. The molecule has 6 N–H and O–H groups in total. The molecule has 0 aliphatic carbocycles. The van der Waals surface area contributed by atoms with Crippen LogP contribution in [0.4, 0.5) is 5.69 Å². The van der Waals surface area contributed by atoms with E-state index in [0.717, 1.165) is 11.8 Å². The smallest absolute Gasteiger partial charge is 0.342 e. The van der Waals surface area contributed by atoms with Crippen molar-refractivity contribution in [2.24, 2.45) is 5.10 Å². The van der Waals surface area contributed by atoms with Gasteiger partial charge in [-0.2, -0.15) is 15.4 Å². The molecule has 1 aromatic carbocycles. The number of thioether (sulfide) groups is 1. The molecule has 0 radical (unpaired) electrons. The summed E-state index contributed by atoms with van der Waals surface area (Å²) in [6, 6.07) is 3.79. The molecule has 2 rings (SSSR count). The van der Waals surface area contributed by atoms with E-state index in [2.05, 4.69) is 15.6 Å². The number of benzene rings is 1. The Morgan fingerprint density at radius 1 is 1.48 bits per heavy atom. The Kier molecular flexibility index (Phi) is 6.02. The fourth-order valence-electron chi connectivity index (χ4n) is 1.58. The van der Waals surface area contributed by atoms with E-state index < -0.39 is 22.4 Å². The summed E-state index contributed by atoms with van der Waals surface area (Å²) in [6.45, 7) is 0. The number of hydrogen-bond donors (Lipinski definition) is 6. The van der Waals surface area contributed by atoms with Crippen molar-refractivity contribution in [1.29, 1.82) is 0 Å². The van der Waals surface area contributed by atoms with Crippen molar-refractivity contribution in [2.75, 3.05) is 5.75 Å². The third kappa shape index (κ3) is 5.25. The first kappa shape index (κ1) is 18.3. The van der Waals surface area contributed by atoms with E-state index in [-0.39, 0.29) is 22.2 Å². The fourth-order valence-corrected chi connectivity index (χ4v) is 2.21. The third-order valence-electron chi connectivity index (χ3n) is 2.67. The standard InChI is InChI=1S/C12H12N6O6S/c19-8-2-1-6(3-7(8)18(23)24)4-13-15-9(20)5-25-11-10(21)14-12(22)17-16-11/h1-4,18-19,23H,5H2,(H,15,20)(H2,14,17,21,22)/b13-4+. The summed E-state index contributed by atoms with van der Waals surface area (Å²) >= 11 is 0.797. The van der Waals surface area contributed by atoms with Gasteiger partial charge in [0.25, 0.3) is 5.56 Å². The van der Waals surface area contributed by atoms with Crippen LogP contribution in [0.25, 0.3) is 0 Å². The summed E-state index contributed by atoms with van der Waals surface area (Å²) in [5, 5.41) is 37.0. The summed E-state index contributed by atoms with van der Waals surface area (Å²) in [5.41, 5.74) is 0.771. The van der Waals surface area contributed by atoms with Gasteiger partial charge in [0.05, 0.1) is 12.0 Å². The highest BCUT2D eigenvalue weighted by Crippen LogP contribution is 2.19. The molecular formula is C12H12N6O6S. The first-order chi connectivity index (χ1) is 11.9. The van der Waals surface area contributed by atoms with Gasteiger partial charge in [-0.15, -0.1) is 0 Å². The maximum Gasteiger partial charge on any atom is 0.342 e. The molecule has 0 aliphatic rings. The zero-order chi connectivity index (χ0) is 18.4. The fraction of sp³-hybridized carbons (Fsp3) is 0.0833. The second kappa shape index (κ2) is 8.20. The van der Waals surface area contributed by atoms with Crippen LogP contribution in [0.2, 0.25) is 0 Å². The quantitative estimate of drug-likeness (QED) is 0.143. The highest BCUT2D eigenvalue weighted by Gasteiger charge is 2.09. The lowest BCUT2D eigenvalue weighted by Gasteiger charge is -2.12. The highest BCUT2D eigenvalue weighted by atomic mass is 32.2. The monoisotopic (exact) mass is 368 g/mol. The lowest BCUT2D eigenvalue weighted by molar-refractivity contribution is -0.991. The number of rotatable bonds is 6. The van der Waals surface area contributed by atoms with Gasteiger partial charge < -0.3 is 10.3 Å². The summed E-state index contributed by atoms with van der Waals surface area (Å²) in [5.74, 6) is -1.12. The number of hydrogen-bond acceptors (Lipinski definition) is 9. The van der Waals surface area contributed by atoms with E-state index in [1.807, 2.05) is 10.1 Å². The molecule has 1 atom stereocenters. The minimum absolute atomic E-state index is 0.0802. The van der Waals surface area contributed by atoms with Crippen molar-refractivity contribution in [1.82, 2.24) is 20.6 Å². The van der Waals surface area contributed by atoms with E-state index in [0.29, 0.717) is 5.56 Å². The molecule has 13 heteroatoms. The first-order valence-electron chi connectivity index (χ1n) is 6.57. The Morgan fingerprint density at radius 3 is 2.92 bits per heavy atom. The number of aromatic amines is 2. The number of nitrogens with zero attached hydrogens (tertiary/aromatic N) is 2. The van der Waals surface area contributed by atoms with Crippen LogP contribution in [-0.2, 0) is 4.79 Å². The van der Waals surface area contributed by atoms with Crippen molar-refractivity contribution in [3.05, 3.63) is 49.8 Å². The number of aromatic nitrogens is 3. The highest BCUT2D eigenvalue weighted by molar-refractivity contribution is 7.99. The molecule has 1 heterocycles. The second-order valence-electron chi connectivity index (χ2n) is 4.48. The van der Waals surface area contributed by atoms with E-state index in [4.69, 9.17) is 5.21 Å². The lowest BCUT2D eigenvalue weighted by atomic mass is 10.2. The van der Waals surface area contributed by atoms with Crippen LogP contribution >= 0.6 is 11.8 Å². The Morgan fingerprint density at radius 2 is 2.24 bits per heavy atom. The van der Waals surface area contributed by atoms with Gasteiger partial charge in [-0.05, 0) is 12.1 Å². The summed E-state index contributed by atoms with van der Waals surface area (Å²) in [7, 11) is 0. The van der Waals surface area contributed by atoms with E-state index in [1.54, 1.807) is 0 Å². The van der Waals surface area contributed by atoms with Crippen LogP contribution in [0, 0.1) is 5.21 Å². The van der Waals surface area contributed by atoms with Gasteiger partial charge in [-0.1, -0.05) is 11.8 Å². The lowest BCUT2D eigenvalue weighted by Crippen LogP contribution is -2.99. The van der Waals surface area contributed by atoms with Crippen molar-refractivity contribution < 1.29 is 20.3 Å². The first-order valence-corrected chi connectivity index (χ1v) is 7.55. The zero-order valence-corrected chi connectivity index (χ0v) is 13.2. The van der Waals surface area contributed by atoms with Crippen LogP contribution < -0.4 is 21.9 Å². The van der Waals surface area contributed by atoms with E-state index in [1.165, 1.54) is 24.4 Å². The topological polar surface area (TPSA) is 188 Å². The average molecular weight is 368 g/mol. The largest absolute Gasteiger partial charge is 0.595 e. The van der Waals surface area contributed by atoms with Crippen molar-refractivity contribution in [2.45, 2.75) is 5.03 Å². The van der Waals surface area contributed by atoms with Crippen molar-refractivity contribution in [3.8, 4) is 5.75 Å². The summed E-state index contributed by atoms with van der Waals surface area (Å²) in [4.78, 5) is 35.8. The number of phenols is 1. The normalized spacial score (nSPS) is 12.2. The molecule has 1 amide bonds. The van der Waals surface area contributed by atoms with E-state index >= 15 is 0 Å². The van der Waals surface area contributed by atoms with Crippen LogP contribution in [0.5, 0.6) is 5.75 Å². The Bertz CT molecular complexity index is 907. The van der Waals surface area contributed by atoms with Crippen LogP contribution in [-0.4, -0.2) is 43.4 Å². The van der Waals surface area contributed by atoms with Gasteiger partial charge in [0.2, 0.25) is 11.6 Å². The molecule has 0 saturated heterocycles. The minimum atomic E-state index is -1.30. The predicted molar refractivity (Wildman–Crippen MR) is 85.8 cm³/mol. The van der Waals surface area contributed by atoms with Crippen LogP contribution in [0.1, 0.15) is 5.56 Å². The van der Waals surface area contributed by atoms with Gasteiger partial charge in [-0.3, -0.25) is 14.6 Å². The molecule has 0 spiro atoms. The molecule has 0 saturated carbocycles. The molecule has 25 heavy (non-hydrogen) atoms. The minimum Gasteiger partial charge on any atom is -0.595 e. The molecule has 12 nitrogen and oxygen atoms in total. The maximum atomic E-state index is 11.6. The maximum absolute atomic E-state index is 11.6. The average Bonchev–Trinajstić information content (AvgIpc) is 2.55. The van der Waals surface area contributed by atoms with Gasteiger partial charge in [0, 0.05) is 11.6 Å².